The molecule has 90 valence electrons. The molecule has 0 bridgehead atoms. The lowest BCUT2D eigenvalue weighted by Crippen LogP contribution is -2.43. The van der Waals surface area contributed by atoms with Crippen LogP contribution >= 0.6 is 0 Å². The summed E-state index contributed by atoms with van der Waals surface area (Å²) in [6, 6.07) is 0.471. The van der Waals surface area contributed by atoms with E-state index in [4.69, 9.17) is 4.74 Å². The average Bonchev–Trinajstić information content (AvgIpc) is 2.18. The van der Waals surface area contributed by atoms with Gasteiger partial charge in [0.05, 0.1) is 12.2 Å². The van der Waals surface area contributed by atoms with Crippen LogP contribution in [0, 0.1) is 0 Å². The number of rotatable bonds is 6. The molecule has 1 aliphatic heterocycles. The first-order chi connectivity index (χ1) is 7.14. The summed E-state index contributed by atoms with van der Waals surface area (Å²) in [6.07, 6.45) is 5.55. The van der Waals surface area contributed by atoms with Crippen molar-refractivity contribution in [1.82, 2.24) is 5.32 Å². The lowest BCUT2D eigenvalue weighted by molar-refractivity contribution is -0.0455. The molecule has 0 aromatic heterocycles. The zero-order valence-corrected chi connectivity index (χ0v) is 10.1. The lowest BCUT2D eigenvalue weighted by Gasteiger charge is -2.31. The minimum absolute atomic E-state index is 0.457. The molecule has 2 atom stereocenters. The standard InChI is InChI=1S/C12H25NO2/c1-3-8-15-10-12(2,14)9-11-6-4-5-7-13-11/h11,13-14H,3-10H2,1-2H3. The molecule has 0 aromatic carbocycles. The van der Waals surface area contributed by atoms with Crippen LogP contribution in [0.1, 0.15) is 46.0 Å². The van der Waals surface area contributed by atoms with E-state index in [0.29, 0.717) is 12.6 Å². The summed E-state index contributed by atoms with van der Waals surface area (Å²) in [6.45, 7) is 6.25. The monoisotopic (exact) mass is 215 g/mol. The normalized spacial score (nSPS) is 26.2. The second-order valence-electron chi connectivity index (χ2n) is 4.90. The van der Waals surface area contributed by atoms with Crippen molar-refractivity contribution in [3.8, 4) is 0 Å². The molecule has 3 heteroatoms. The summed E-state index contributed by atoms with van der Waals surface area (Å²) in [5.74, 6) is 0. The van der Waals surface area contributed by atoms with Crippen molar-refractivity contribution in [2.45, 2.75) is 57.6 Å². The highest BCUT2D eigenvalue weighted by Crippen LogP contribution is 2.18. The smallest absolute Gasteiger partial charge is 0.0867 e. The van der Waals surface area contributed by atoms with Gasteiger partial charge in [-0.2, -0.15) is 0 Å². The second-order valence-corrected chi connectivity index (χ2v) is 4.90. The van der Waals surface area contributed by atoms with Gasteiger partial charge in [0, 0.05) is 12.6 Å². The van der Waals surface area contributed by atoms with Gasteiger partial charge in [-0.15, -0.1) is 0 Å². The molecule has 1 aliphatic rings. The third-order valence-corrected chi connectivity index (χ3v) is 2.86. The van der Waals surface area contributed by atoms with Gasteiger partial charge in [-0.1, -0.05) is 13.3 Å². The first-order valence-corrected chi connectivity index (χ1v) is 6.17. The van der Waals surface area contributed by atoms with E-state index in [1.165, 1.54) is 19.3 Å². The Balaban J connectivity index is 2.20. The lowest BCUT2D eigenvalue weighted by atomic mass is 9.92. The quantitative estimate of drug-likeness (QED) is 0.663. The molecule has 0 spiro atoms. The van der Waals surface area contributed by atoms with Crippen LogP contribution in [0.5, 0.6) is 0 Å². The maximum Gasteiger partial charge on any atom is 0.0867 e. The maximum atomic E-state index is 10.1. The van der Waals surface area contributed by atoms with Crippen LogP contribution in [0.25, 0.3) is 0 Å². The van der Waals surface area contributed by atoms with E-state index < -0.39 is 5.60 Å². The van der Waals surface area contributed by atoms with E-state index in [1.807, 2.05) is 6.92 Å². The number of hydrogen-bond donors (Lipinski definition) is 2. The number of hydrogen-bond acceptors (Lipinski definition) is 3. The molecule has 1 rings (SSSR count). The fourth-order valence-corrected chi connectivity index (χ4v) is 2.12. The van der Waals surface area contributed by atoms with Crippen molar-refractivity contribution in [3.63, 3.8) is 0 Å². The summed E-state index contributed by atoms with van der Waals surface area (Å²) in [5.41, 5.74) is -0.676. The highest BCUT2D eigenvalue weighted by molar-refractivity contribution is 4.82. The molecule has 2 unspecified atom stereocenters. The van der Waals surface area contributed by atoms with Crippen LogP contribution in [-0.2, 0) is 4.74 Å². The summed E-state index contributed by atoms with van der Waals surface area (Å²) < 4.78 is 5.41. The van der Waals surface area contributed by atoms with Gasteiger partial charge in [-0.3, -0.25) is 0 Å². The molecule has 0 aromatic rings. The minimum Gasteiger partial charge on any atom is -0.388 e. The molecule has 0 saturated carbocycles. The molecule has 0 radical (unpaired) electrons. The molecule has 2 N–H and O–H groups in total. The van der Waals surface area contributed by atoms with Crippen molar-refractivity contribution >= 4 is 0 Å². The fraction of sp³-hybridized carbons (Fsp3) is 1.00. The Kier molecular flexibility index (Phi) is 5.58. The van der Waals surface area contributed by atoms with Crippen LogP contribution in [0.2, 0.25) is 0 Å². The van der Waals surface area contributed by atoms with Crippen molar-refractivity contribution < 1.29 is 9.84 Å². The van der Waals surface area contributed by atoms with Gasteiger partial charge in [0.15, 0.2) is 0 Å². The summed E-state index contributed by atoms with van der Waals surface area (Å²) in [7, 11) is 0. The summed E-state index contributed by atoms with van der Waals surface area (Å²) in [4.78, 5) is 0. The number of aliphatic hydroxyl groups is 1. The van der Waals surface area contributed by atoms with Crippen molar-refractivity contribution in [2.75, 3.05) is 19.8 Å². The predicted molar refractivity (Wildman–Crippen MR) is 62.0 cm³/mol. The van der Waals surface area contributed by atoms with Gasteiger partial charge >= 0.3 is 0 Å². The predicted octanol–water partition coefficient (Wildman–Crippen LogP) is 1.70. The van der Waals surface area contributed by atoms with Crippen LogP contribution in [0.15, 0.2) is 0 Å². The highest BCUT2D eigenvalue weighted by atomic mass is 16.5. The van der Waals surface area contributed by atoms with Gasteiger partial charge in [-0.05, 0) is 39.2 Å². The Morgan fingerprint density at radius 2 is 2.27 bits per heavy atom. The molecule has 1 heterocycles. The van der Waals surface area contributed by atoms with Gasteiger partial charge in [0.1, 0.15) is 0 Å². The van der Waals surface area contributed by atoms with E-state index in [0.717, 1.165) is 26.0 Å². The molecular formula is C12H25NO2. The van der Waals surface area contributed by atoms with Gasteiger partial charge < -0.3 is 15.2 Å². The summed E-state index contributed by atoms with van der Waals surface area (Å²) in [5, 5.41) is 13.6. The molecule has 0 aliphatic carbocycles. The third-order valence-electron chi connectivity index (χ3n) is 2.86. The molecular weight excluding hydrogens is 190 g/mol. The second kappa shape index (κ2) is 6.46. The Morgan fingerprint density at radius 3 is 2.87 bits per heavy atom. The van der Waals surface area contributed by atoms with Gasteiger partial charge in [-0.25, -0.2) is 0 Å². The highest BCUT2D eigenvalue weighted by Gasteiger charge is 2.26. The van der Waals surface area contributed by atoms with Crippen molar-refractivity contribution in [3.05, 3.63) is 0 Å². The Hall–Kier alpha value is -0.120. The first-order valence-electron chi connectivity index (χ1n) is 6.17. The van der Waals surface area contributed by atoms with E-state index in [9.17, 15) is 5.11 Å². The molecule has 3 nitrogen and oxygen atoms in total. The first kappa shape index (κ1) is 12.9. The topological polar surface area (TPSA) is 41.5 Å². The SMILES string of the molecule is CCCOCC(C)(O)CC1CCCCN1. The Labute approximate surface area is 93.2 Å². The van der Waals surface area contributed by atoms with Crippen LogP contribution in [0.3, 0.4) is 0 Å². The van der Waals surface area contributed by atoms with Crippen LogP contribution in [0.4, 0.5) is 0 Å². The largest absolute Gasteiger partial charge is 0.388 e. The molecule has 0 amide bonds. The van der Waals surface area contributed by atoms with E-state index in [2.05, 4.69) is 12.2 Å². The Morgan fingerprint density at radius 1 is 1.47 bits per heavy atom. The number of piperidine rings is 1. The van der Waals surface area contributed by atoms with E-state index in [1.54, 1.807) is 0 Å². The van der Waals surface area contributed by atoms with Gasteiger partial charge in [0.25, 0.3) is 0 Å². The molecule has 15 heavy (non-hydrogen) atoms. The van der Waals surface area contributed by atoms with Crippen molar-refractivity contribution in [1.29, 1.82) is 0 Å². The van der Waals surface area contributed by atoms with Crippen LogP contribution < -0.4 is 5.32 Å². The fourth-order valence-electron chi connectivity index (χ4n) is 2.12. The maximum absolute atomic E-state index is 10.1. The van der Waals surface area contributed by atoms with Gasteiger partial charge in [0.2, 0.25) is 0 Å². The minimum atomic E-state index is -0.676. The number of nitrogens with one attached hydrogen (secondary N) is 1. The Bertz CT molecular complexity index is 165. The molecule has 1 fully saturated rings. The third kappa shape index (κ3) is 5.50. The van der Waals surface area contributed by atoms with Crippen molar-refractivity contribution in [2.24, 2.45) is 0 Å². The zero-order valence-electron chi connectivity index (χ0n) is 10.1. The zero-order chi connectivity index (χ0) is 11.1. The van der Waals surface area contributed by atoms with E-state index in [-0.39, 0.29) is 0 Å². The summed E-state index contributed by atoms with van der Waals surface area (Å²) >= 11 is 0. The number of ether oxygens (including phenoxy) is 1. The molecule has 1 saturated heterocycles. The average molecular weight is 215 g/mol. The van der Waals surface area contributed by atoms with E-state index >= 15 is 0 Å². The van der Waals surface area contributed by atoms with Crippen LogP contribution in [-0.4, -0.2) is 36.5 Å².